The summed E-state index contributed by atoms with van der Waals surface area (Å²) in [6.07, 6.45) is 2.17. The molecule has 1 unspecified atom stereocenters. The van der Waals surface area contributed by atoms with Crippen LogP contribution in [0.5, 0.6) is 5.75 Å². The average Bonchev–Trinajstić information content (AvgIpc) is 3.28. The third-order valence-electron chi connectivity index (χ3n) is 4.87. The molecule has 2 heterocycles. The number of para-hydroxylation sites is 1. The van der Waals surface area contributed by atoms with E-state index in [0.29, 0.717) is 30.0 Å². The van der Waals surface area contributed by atoms with Gasteiger partial charge in [0.1, 0.15) is 18.1 Å². The monoisotopic (exact) mass is 391 g/mol. The van der Waals surface area contributed by atoms with Crippen molar-refractivity contribution in [1.82, 2.24) is 20.3 Å². The van der Waals surface area contributed by atoms with E-state index in [1.54, 1.807) is 38.5 Å². The Balaban J connectivity index is 1.59. The molecule has 8 nitrogen and oxygen atoms in total. The van der Waals surface area contributed by atoms with Gasteiger partial charge in [-0.3, -0.25) is 9.59 Å². The number of nitrogens with one attached hydrogen (secondary N) is 2. The van der Waals surface area contributed by atoms with Crippen molar-refractivity contribution in [2.24, 2.45) is 5.92 Å². The highest BCUT2D eigenvalue weighted by Gasteiger charge is 2.27. The largest absolute Gasteiger partial charge is 0.492 e. The summed E-state index contributed by atoms with van der Waals surface area (Å²) in [4.78, 5) is 27.1. The average molecular weight is 391 g/mol. The number of rotatable bonds is 4. The lowest BCUT2D eigenvalue weighted by Crippen LogP contribution is -2.33. The number of carbonyl (C=O) groups is 2. The zero-order chi connectivity index (χ0) is 20.4. The lowest BCUT2D eigenvalue weighted by Gasteiger charge is -2.25. The first kappa shape index (κ1) is 18.7. The Morgan fingerprint density at radius 1 is 1.21 bits per heavy atom. The molecule has 0 radical (unpaired) electrons. The number of ether oxygens (including phenoxy) is 1. The van der Waals surface area contributed by atoms with E-state index in [1.165, 1.54) is 4.90 Å². The molecular formula is C21H21N5O3. The first-order chi connectivity index (χ1) is 14.0. The van der Waals surface area contributed by atoms with Gasteiger partial charge in [-0.05, 0) is 30.2 Å². The second kappa shape index (κ2) is 7.75. The molecule has 2 aromatic carbocycles. The maximum Gasteiger partial charge on any atom is 0.255 e. The van der Waals surface area contributed by atoms with Crippen LogP contribution in [-0.4, -0.2) is 52.8 Å². The fraction of sp³-hybridized carbons (Fsp3) is 0.238. The molecule has 3 aromatic rings. The lowest BCUT2D eigenvalue weighted by molar-refractivity contribution is -0.121. The summed E-state index contributed by atoms with van der Waals surface area (Å²) in [7, 11) is 3.34. The maximum absolute atomic E-state index is 12.9. The summed E-state index contributed by atoms with van der Waals surface area (Å²) < 4.78 is 5.72. The number of aromatic amines is 1. The Bertz CT molecular complexity index is 1050. The Morgan fingerprint density at radius 3 is 2.79 bits per heavy atom. The Hall–Kier alpha value is -3.68. The zero-order valence-electron chi connectivity index (χ0n) is 16.2. The van der Waals surface area contributed by atoms with Gasteiger partial charge in [-0.2, -0.15) is 15.4 Å². The minimum absolute atomic E-state index is 0.179. The van der Waals surface area contributed by atoms with E-state index in [1.807, 2.05) is 24.3 Å². The molecule has 2 N–H and O–H groups in total. The third kappa shape index (κ3) is 3.82. The molecule has 1 aromatic heterocycles. The van der Waals surface area contributed by atoms with Crippen LogP contribution in [0.4, 0.5) is 5.69 Å². The lowest BCUT2D eigenvalue weighted by atomic mass is 9.95. The van der Waals surface area contributed by atoms with Gasteiger partial charge >= 0.3 is 0 Å². The van der Waals surface area contributed by atoms with Crippen LogP contribution >= 0.6 is 0 Å². The highest BCUT2D eigenvalue weighted by atomic mass is 16.5. The van der Waals surface area contributed by atoms with Crippen molar-refractivity contribution in [2.75, 3.05) is 26.0 Å². The fourth-order valence-electron chi connectivity index (χ4n) is 3.30. The predicted molar refractivity (Wildman–Crippen MR) is 108 cm³/mol. The van der Waals surface area contributed by atoms with Crippen LogP contribution in [0.2, 0.25) is 0 Å². The summed E-state index contributed by atoms with van der Waals surface area (Å²) in [6.45, 7) is 0.302. The molecular weight excluding hydrogens is 370 g/mol. The van der Waals surface area contributed by atoms with E-state index in [0.717, 1.165) is 16.9 Å². The van der Waals surface area contributed by atoms with Gasteiger partial charge in [-0.1, -0.05) is 24.3 Å². The topological polar surface area (TPSA) is 100 Å². The molecule has 0 bridgehead atoms. The number of hydrogen-bond donors (Lipinski definition) is 2. The molecule has 4 rings (SSSR count). The van der Waals surface area contributed by atoms with Gasteiger partial charge in [-0.25, -0.2) is 0 Å². The van der Waals surface area contributed by atoms with Gasteiger partial charge in [0, 0.05) is 19.7 Å². The minimum Gasteiger partial charge on any atom is -0.492 e. The van der Waals surface area contributed by atoms with E-state index >= 15 is 0 Å². The van der Waals surface area contributed by atoms with Crippen molar-refractivity contribution in [2.45, 2.75) is 6.42 Å². The van der Waals surface area contributed by atoms with Gasteiger partial charge in [0.15, 0.2) is 0 Å². The van der Waals surface area contributed by atoms with Crippen LogP contribution in [0.15, 0.2) is 48.7 Å². The van der Waals surface area contributed by atoms with Crippen LogP contribution in [0.1, 0.15) is 15.9 Å². The molecule has 29 heavy (non-hydrogen) atoms. The van der Waals surface area contributed by atoms with Crippen LogP contribution < -0.4 is 10.1 Å². The van der Waals surface area contributed by atoms with E-state index in [-0.39, 0.29) is 17.7 Å². The van der Waals surface area contributed by atoms with Crippen molar-refractivity contribution >= 4 is 17.5 Å². The predicted octanol–water partition coefficient (Wildman–Crippen LogP) is 2.36. The Kier molecular flexibility index (Phi) is 4.99. The van der Waals surface area contributed by atoms with Crippen molar-refractivity contribution in [3.8, 4) is 17.0 Å². The van der Waals surface area contributed by atoms with E-state index in [9.17, 15) is 9.59 Å². The first-order valence-corrected chi connectivity index (χ1v) is 9.26. The summed E-state index contributed by atoms with van der Waals surface area (Å²) in [5.74, 6) is 0.0943. The molecule has 148 valence electrons. The van der Waals surface area contributed by atoms with Gasteiger partial charge in [0.2, 0.25) is 5.91 Å². The number of anilines is 1. The Morgan fingerprint density at radius 2 is 2.03 bits per heavy atom. The molecule has 1 aliphatic rings. The summed E-state index contributed by atoms with van der Waals surface area (Å²) >= 11 is 0. The van der Waals surface area contributed by atoms with E-state index in [4.69, 9.17) is 4.74 Å². The van der Waals surface area contributed by atoms with Crippen molar-refractivity contribution in [3.05, 3.63) is 59.8 Å². The maximum atomic E-state index is 12.9. The molecule has 0 spiro atoms. The van der Waals surface area contributed by atoms with Crippen molar-refractivity contribution < 1.29 is 14.3 Å². The number of H-pyrrole nitrogens is 1. The molecule has 2 amide bonds. The number of aromatic nitrogens is 3. The van der Waals surface area contributed by atoms with Crippen molar-refractivity contribution in [1.29, 1.82) is 0 Å². The highest BCUT2D eigenvalue weighted by molar-refractivity contribution is 6.05. The summed E-state index contributed by atoms with van der Waals surface area (Å²) in [5.41, 5.74) is 3.20. The van der Waals surface area contributed by atoms with Crippen LogP contribution in [0, 0.1) is 5.92 Å². The van der Waals surface area contributed by atoms with E-state index in [2.05, 4.69) is 20.7 Å². The number of hydrogen-bond acceptors (Lipinski definition) is 5. The fourth-order valence-corrected chi connectivity index (χ4v) is 3.30. The van der Waals surface area contributed by atoms with Crippen LogP contribution in [0.3, 0.4) is 0 Å². The molecule has 0 saturated heterocycles. The van der Waals surface area contributed by atoms with Gasteiger partial charge in [0.05, 0.1) is 23.4 Å². The number of amides is 2. The first-order valence-electron chi connectivity index (χ1n) is 9.26. The van der Waals surface area contributed by atoms with Crippen LogP contribution in [-0.2, 0) is 11.2 Å². The summed E-state index contributed by atoms with van der Waals surface area (Å²) in [5, 5.41) is 13.3. The Labute approximate surface area is 167 Å². The third-order valence-corrected chi connectivity index (χ3v) is 4.87. The summed E-state index contributed by atoms with van der Waals surface area (Å²) in [6, 6.07) is 12.9. The number of benzene rings is 2. The quantitative estimate of drug-likeness (QED) is 0.711. The SMILES string of the molecule is CN(C)C(=O)c1cc(-c2cn[nH]n2)ccc1NC(=O)C1COc2ccccc2C1. The second-order valence-electron chi connectivity index (χ2n) is 7.12. The van der Waals surface area contributed by atoms with Gasteiger partial charge in [-0.15, -0.1) is 0 Å². The number of carbonyl (C=O) groups excluding carboxylic acids is 2. The smallest absolute Gasteiger partial charge is 0.255 e. The molecule has 8 heteroatoms. The van der Waals surface area contributed by atoms with Crippen LogP contribution in [0.25, 0.3) is 11.3 Å². The second-order valence-corrected chi connectivity index (χ2v) is 7.12. The molecule has 0 fully saturated rings. The zero-order valence-corrected chi connectivity index (χ0v) is 16.2. The molecule has 0 aliphatic carbocycles. The molecule has 1 atom stereocenters. The number of fused-ring (bicyclic) bond motifs is 1. The van der Waals surface area contributed by atoms with Crippen molar-refractivity contribution in [3.63, 3.8) is 0 Å². The van der Waals surface area contributed by atoms with Gasteiger partial charge < -0.3 is 15.0 Å². The highest BCUT2D eigenvalue weighted by Crippen LogP contribution is 2.29. The standard InChI is InChI=1S/C21H21N5O3/c1-26(2)21(28)16-10-13(18-11-22-25-24-18)7-8-17(16)23-20(27)15-9-14-5-3-4-6-19(14)29-12-15/h3-8,10-11,15H,9,12H2,1-2H3,(H,23,27)(H,22,24,25). The number of nitrogens with zero attached hydrogens (tertiary/aromatic N) is 3. The normalized spacial score (nSPS) is 15.2. The van der Waals surface area contributed by atoms with Gasteiger partial charge in [0.25, 0.3) is 5.91 Å². The molecule has 1 aliphatic heterocycles. The van der Waals surface area contributed by atoms with E-state index < -0.39 is 0 Å². The minimum atomic E-state index is -0.331. The molecule has 0 saturated carbocycles.